The molecule has 6 nitrogen and oxygen atoms in total. The highest BCUT2D eigenvalue weighted by atomic mass is 32.1. The highest BCUT2D eigenvalue weighted by Gasteiger charge is 2.23. The number of amides is 1. The summed E-state index contributed by atoms with van der Waals surface area (Å²) >= 11 is 1.75. The smallest absolute Gasteiger partial charge is 0.409 e. The topological polar surface area (TPSA) is 80.0 Å². The van der Waals surface area contributed by atoms with E-state index in [1.807, 2.05) is 6.92 Å². The lowest BCUT2D eigenvalue weighted by molar-refractivity contribution is 0.0963. The summed E-state index contributed by atoms with van der Waals surface area (Å²) in [6.45, 7) is 6.45. The summed E-state index contributed by atoms with van der Waals surface area (Å²) in [5.41, 5.74) is 5.99. The number of nitrogens with one attached hydrogen (secondary N) is 1. The van der Waals surface area contributed by atoms with Crippen molar-refractivity contribution in [3.63, 3.8) is 0 Å². The molecule has 0 saturated carbocycles. The van der Waals surface area contributed by atoms with Crippen molar-refractivity contribution < 1.29 is 9.53 Å². The van der Waals surface area contributed by atoms with Crippen LogP contribution in [0.3, 0.4) is 0 Å². The first-order valence-electron chi connectivity index (χ1n) is 8.11. The molecule has 0 radical (unpaired) electrons. The zero-order valence-corrected chi connectivity index (χ0v) is 14.6. The number of carbonyl (C=O) groups excluding carboxylic acids is 1. The maximum absolute atomic E-state index is 11.7. The minimum absolute atomic E-state index is 0.225. The first-order chi connectivity index (χ1) is 11.1. The molecule has 1 saturated heterocycles. The van der Waals surface area contributed by atoms with Crippen LogP contribution in [-0.4, -0.2) is 49.2 Å². The zero-order valence-electron chi connectivity index (χ0n) is 13.8. The lowest BCUT2D eigenvalue weighted by atomic mass is 10.1. The Hall–Kier alpha value is -1.76. The van der Waals surface area contributed by atoms with Crippen molar-refractivity contribution in [3.05, 3.63) is 22.4 Å². The molecule has 3 N–H and O–H groups in total. The molecular weight excluding hydrogens is 312 g/mol. The summed E-state index contributed by atoms with van der Waals surface area (Å²) < 4.78 is 5.02. The third kappa shape index (κ3) is 5.42. The third-order valence-corrected chi connectivity index (χ3v) is 5.04. The van der Waals surface area contributed by atoms with E-state index in [0.717, 1.165) is 12.8 Å². The predicted molar refractivity (Wildman–Crippen MR) is 94.0 cm³/mol. The van der Waals surface area contributed by atoms with Crippen molar-refractivity contribution in [2.45, 2.75) is 38.6 Å². The summed E-state index contributed by atoms with van der Waals surface area (Å²) in [6.07, 6.45) is 1.49. The van der Waals surface area contributed by atoms with Gasteiger partial charge in [0.25, 0.3) is 0 Å². The largest absolute Gasteiger partial charge is 0.450 e. The molecule has 1 aromatic heterocycles. The Balaban J connectivity index is 1.73. The van der Waals surface area contributed by atoms with Crippen LogP contribution in [0.5, 0.6) is 0 Å². The molecule has 7 heteroatoms. The summed E-state index contributed by atoms with van der Waals surface area (Å²) in [6, 6.07) is 4.44. The van der Waals surface area contributed by atoms with Gasteiger partial charge in [-0.25, -0.2) is 4.79 Å². The number of likely N-dealkylation sites (tertiary alicyclic amines) is 1. The number of nitrogens with two attached hydrogens (primary N) is 1. The fourth-order valence-corrected chi connectivity index (χ4v) is 3.35. The summed E-state index contributed by atoms with van der Waals surface area (Å²) in [4.78, 5) is 19.2. The molecule has 0 spiro atoms. The van der Waals surface area contributed by atoms with Crippen LogP contribution in [0.4, 0.5) is 4.79 Å². The molecule has 1 unspecified atom stereocenters. The molecule has 0 aromatic carbocycles. The van der Waals surface area contributed by atoms with E-state index < -0.39 is 0 Å². The minimum atomic E-state index is -0.225. The average molecular weight is 338 g/mol. The van der Waals surface area contributed by atoms with E-state index in [9.17, 15) is 4.79 Å². The van der Waals surface area contributed by atoms with Crippen molar-refractivity contribution in [1.82, 2.24) is 10.2 Å². The summed E-state index contributed by atoms with van der Waals surface area (Å²) in [5, 5.41) is 5.34. The molecule has 1 aliphatic heterocycles. The number of hydrogen-bond acceptors (Lipinski definition) is 4. The van der Waals surface area contributed by atoms with Gasteiger partial charge in [0.05, 0.1) is 13.2 Å². The van der Waals surface area contributed by atoms with Gasteiger partial charge in [0.2, 0.25) is 0 Å². The molecule has 128 valence electrons. The first-order valence-corrected chi connectivity index (χ1v) is 8.99. The highest BCUT2D eigenvalue weighted by Crippen LogP contribution is 2.20. The highest BCUT2D eigenvalue weighted by molar-refractivity contribution is 7.10. The van der Waals surface area contributed by atoms with Crippen molar-refractivity contribution in [1.29, 1.82) is 0 Å². The van der Waals surface area contributed by atoms with E-state index >= 15 is 0 Å². The quantitative estimate of drug-likeness (QED) is 0.638. The lowest BCUT2D eigenvalue weighted by Crippen LogP contribution is -2.48. The lowest BCUT2D eigenvalue weighted by Gasteiger charge is -2.31. The Morgan fingerprint density at radius 2 is 2.30 bits per heavy atom. The second-order valence-electron chi connectivity index (χ2n) is 5.75. The van der Waals surface area contributed by atoms with Gasteiger partial charge < -0.3 is 20.7 Å². The Labute approximate surface area is 141 Å². The molecule has 1 atom stereocenters. The van der Waals surface area contributed by atoms with Crippen LogP contribution in [0.2, 0.25) is 0 Å². The number of nitrogens with zero attached hydrogens (tertiary/aromatic N) is 2. The first kappa shape index (κ1) is 17.6. The molecule has 2 rings (SSSR count). The van der Waals surface area contributed by atoms with Gasteiger partial charge in [-0.1, -0.05) is 13.0 Å². The monoisotopic (exact) mass is 338 g/mol. The predicted octanol–water partition coefficient (Wildman–Crippen LogP) is 2.38. The SMILES string of the molecule is CCOC(=O)N1CCC(NC(N)=NCC(C)c2cccs2)CC1. The Bertz CT molecular complexity index is 510. The molecular formula is C16H26N4O2S. The van der Waals surface area contributed by atoms with E-state index in [0.29, 0.717) is 38.1 Å². The van der Waals surface area contributed by atoms with E-state index in [-0.39, 0.29) is 12.1 Å². The van der Waals surface area contributed by atoms with Crippen molar-refractivity contribution in [2.24, 2.45) is 10.7 Å². The Kier molecular flexibility index (Phi) is 6.70. The van der Waals surface area contributed by atoms with E-state index in [2.05, 4.69) is 34.7 Å². The van der Waals surface area contributed by atoms with Gasteiger partial charge >= 0.3 is 6.09 Å². The number of piperidine rings is 1. The van der Waals surface area contributed by atoms with Crippen molar-refractivity contribution >= 4 is 23.4 Å². The van der Waals surface area contributed by atoms with E-state index in [1.54, 1.807) is 16.2 Å². The second-order valence-corrected chi connectivity index (χ2v) is 6.73. The molecule has 0 aliphatic carbocycles. The number of carbonyl (C=O) groups is 1. The van der Waals surface area contributed by atoms with Gasteiger partial charge in [0.15, 0.2) is 5.96 Å². The van der Waals surface area contributed by atoms with E-state index in [4.69, 9.17) is 10.5 Å². The maximum atomic E-state index is 11.7. The molecule has 2 heterocycles. The van der Waals surface area contributed by atoms with Crippen LogP contribution in [0.15, 0.2) is 22.5 Å². The van der Waals surface area contributed by atoms with Gasteiger partial charge in [-0.3, -0.25) is 4.99 Å². The van der Waals surface area contributed by atoms with Crippen LogP contribution in [0.25, 0.3) is 0 Å². The van der Waals surface area contributed by atoms with Crippen molar-refractivity contribution in [3.8, 4) is 0 Å². The van der Waals surface area contributed by atoms with Crippen LogP contribution in [-0.2, 0) is 4.74 Å². The van der Waals surface area contributed by atoms with Gasteiger partial charge in [0.1, 0.15) is 0 Å². The molecule has 1 aliphatic rings. The van der Waals surface area contributed by atoms with Gasteiger partial charge in [-0.15, -0.1) is 11.3 Å². The Morgan fingerprint density at radius 1 is 1.57 bits per heavy atom. The maximum Gasteiger partial charge on any atom is 0.409 e. The summed E-state index contributed by atoms with van der Waals surface area (Å²) in [5.74, 6) is 0.865. The van der Waals surface area contributed by atoms with Gasteiger partial charge in [-0.05, 0) is 31.2 Å². The van der Waals surface area contributed by atoms with Crippen molar-refractivity contribution in [2.75, 3.05) is 26.2 Å². The minimum Gasteiger partial charge on any atom is -0.450 e. The number of guanidine groups is 1. The standard InChI is InChI=1S/C16H26N4O2S/c1-3-22-16(21)20-8-6-13(7-9-20)19-15(17)18-11-12(2)14-5-4-10-23-14/h4-5,10,12-13H,3,6-9,11H2,1-2H3,(H3,17,18,19). The average Bonchev–Trinajstić information content (AvgIpc) is 3.08. The normalized spacial score (nSPS) is 17.8. The molecule has 23 heavy (non-hydrogen) atoms. The molecule has 1 fully saturated rings. The third-order valence-electron chi connectivity index (χ3n) is 3.94. The Morgan fingerprint density at radius 3 is 2.91 bits per heavy atom. The van der Waals surface area contributed by atoms with E-state index in [1.165, 1.54) is 4.88 Å². The van der Waals surface area contributed by atoms with Crippen LogP contribution < -0.4 is 11.1 Å². The molecule has 0 bridgehead atoms. The number of hydrogen-bond donors (Lipinski definition) is 2. The second kappa shape index (κ2) is 8.76. The molecule has 1 amide bonds. The zero-order chi connectivity index (χ0) is 16.7. The number of aliphatic imine (C=N–C) groups is 1. The van der Waals surface area contributed by atoms with Crippen LogP contribution in [0, 0.1) is 0 Å². The number of thiophene rings is 1. The number of rotatable bonds is 5. The summed E-state index contributed by atoms with van der Waals surface area (Å²) in [7, 11) is 0. The van der Waals surface area contributed by atoms with Crippen LogP contribution >= 0.6 is 11.3 Å². The van der Waals surface area contributed by atoms with Gasteiger partial charge in [0, 0.05) is 29.9 Å². The fourth-order valence-electron chi connectivity index (χ4n) is 2.57. The number of ether oxygens (including phenoxy) is 1. The van der Waals surface area contributed by atoms with Crippen LogP contribution in [0.1, 0.15) is 37.5 Å². The fraction of sp³-hybridized carbons (Fsp3) is 0.625. The van der Waals surface area contributed by atoms with Gasteiger partial charge in [-0.2, -0.15) is 0 Å². The molecule has 1 aromatic rings.